The van der Waals surface area contributed by atoms with Gasteiger partial charge in [0.05, 0.1) is 19.3 Å². The highest BCUT2D eigenvalue weighted by Crippen LogP contribution is 2.16. The van der Waals surface area contributed by atoms with Gasteiger partial charge in [0.2, 0.25) is 17.8 Å². The Balaban J connectivity index is 1.92. The molecule has 0 aromatic carbocycles. The van der Waals surface area contributed by atoms with E-state index in [4.69, 9.17) is 10.6 Å². The number of hydrogen-bond acceptors (Lipinski definition) is 9. The zero-order chi connectivity index (χ0) is 14.7. The van der Waals surface area contributed by atoms with Gasteiger partial charge in [-0.2, -0.15) is 15.0 Å². The Morgan fingerprint density at radius 1 is 1.38 bits per heavy atom. The van der Waals surface area contributed by atoms with Gasteiger partial charge < -0.3 is 14.7 Å². The Labute approximate surface area is 120 Å². The van der Waals surface area contributed by atoms with Crippen molar-refractivity contribution in [1.82, 2.24) is 24.5 Å². The van der Waals surface area contributed by atoms with E-state index >= 15 is 0 Å². The fourth-order valence-corrected chi connectivity index (χ4v) is 2.06. The number of imidazole rings is 1. The molecule has 4 N–H and O–H groups in total. The van der Waals surface area contributed by atoms with Crippen LogP contribution in [0.15, 0.2) is 18.7 Å². The number of aromatic nitrogens is 5. The standard InChI is InChI=1S/C11H16N8O2/c12-17-9-14-10(18-3-4-21-8(5-18)6-20)16-11(15-9)19-2-1-13-7-19/h1-2,7-8,20H,3-6,12H2,(H,14,15,16,17). The van der Waals surface area contributed by atoms with Gasteiger partial charge in [-0.3, -0.25) is 9.99 Å². The molecule has 10 heteroatoms. The number of nitrogen functional groups attached to an aromatic ring is 1. The zero-order valence-corrected chi connectivity index (χ0v) is 11.3. The van der Waals surface area contributed by atoms with Gasteiger partial charge in [0.25, 0.3) is 0 Å². The molecule has 1 aliphatic heterocycles. The third-order valence-electron chi connectivity index (χ3n) is 3.10. The molecule has 0 spiro atoms. The molecule has 0 saturated carbocycles. The first-order chi connectivity index (χ1) is 10.3. The Morgan fingerprint density at radius 2 is 2.24 bits per heavy atom. The average molecular weight is 292 g/mol. The van der Waals surface area contributed by atoms with Crippen molar-refractivity contribution in [3.8, 4) is 5.95 Å². The lowest BCUT2D eigenvalue weighted by molar-refractivity contribution is 0.00313. The van der Waals surface area contributed by atoms with Crippen LogP contribution in [0.5, 0.6) is 0 Å². The SMILES string of the molecule is NNc1nc(N2CCOC(CO)C2)nc(-n2ccnc2)n1. The second kappa shape index (κ2) is 5.99. The molecule has 0 radical (unpaired) electrons. The van der Waals surface area contributed by atoms with Crippen molar-refractivity contribution in [2.75, 3.05) is 36.6 Å². The molecule has 1 aliphatic rings. The minimum absolute atomic E-state index is 0.0437. The molecule has 1 unspecified atom stereocenters. The molecular weight excluding hydrogens is 276 g/mol. The second-order valence-electron chi connectivity index (χ2n) is 4.49. The number of aliphatic hydroxyl groups is 1. The molecule has 0 amide bonds. The van der Waals surface area contributed by atoms with Crippen molar-refractivity contribution in [3.05, 3.63) is 18.7 Å². The van der Waals surface area contributed by atoms with Crippen LogP contribution in [-0.4, -0.2) is 62.0 Å². The molecule has 2 aromatic heterocycles. The number of morpholine rings is 1. The summed E-state index contributed by atoms with van der Waals surface area (Å²) in [5.74, 6) is 6.56. The maximum atomic E-state index is 9.21. The molecule has 10 nitrogen and oxygen atoms in total. The smallest absolute Gasteiger partial charge is 0.243 e. The van der Waals surface area contributed by atoms with Crippen LogP contribution in [-0.2, 0) is 4.74 Å². The number of rotatable bonds is 4. The summed E-state index contributed by atoms with van der Waals surface area (Å²) >= 11 is 0. The Bertz CT molecular complexity index is 590. The van der Waals surface area contributed by atoms with Gasteiger partial charge >= 0.3 is 0 Å². The number of ether oxygens (including phenoxy) is 1. The summed E-state index contributed by atoms with van der Waals surface area (Å²) in [6.45, 7) is 1.60. The quantitative estimate of drug-likeness (QED) is 0.457. The zero-order valence-electron chi connectivity index (χ0n) is 11.3. The normalized spacial score (nSPS) is 18.8. The summed E-state index contributed by atoms with van der Waals surface area (Å²) in [4.78, 5) is 18.7. The number of nitrogens with two attached hydrogens (primary N) is 1. The van der Waals surface area contributed by atoms with Crippen LogP contribution in [0, 0.1) is 0 Å². The molecule has 1 atom stereocenters. The number of nitrogens with zero attached hydrogens (tertiary/aromatic N) is 6. The maximum Gasteiger partial charge on any atom is 0.243 e. The largest absolute Gasteiger partial charge is 0.394 e. The molecule has 1 fully saturated rings. The monoisotopic (exact) mass is 292 g/mol. The van der Waals surface area contributed by atoms with Gasteiger partial charge in [-0.05, 0) is 0 Å². The molecule has 0 bridgehead atoms. The molecular formula is C11H16N8O2. The molecule has 21 heavy (non-hydrogen) atoms. The van der Waals surface area contributed by atoms with E-state index in [1.807, 2.05) is 4.90 Å². The molecule has 1 saturated heterocycles. The summed E-state index contributed by atoms with van der Waals surface area (Å²) < 4.78 is 7.08. The van der Waals surface area contributed by atoms with Gasteiger partial charge in [0, 0.05) is 25.5 Å². The van der Waals surface area contributed by atoms with E-state index in [0.29, 0.717) is 31.6 Å². The van der Waals surface area contributed by atoms with E-state index < -0.39 is 0 Å². The summed E-state index contributed by atoms with van der Waals surface area (Å²) in [6, 6.07) is 0. The molecule has 3 heterocycles. The van der Waals surface area contributed by atoms with Crippen molar-refractivity contribution in [2.24, 2.45) is 5.84 Å². The van der Waals surface area contributed by atoms with Gasteiger partial charge in [0.1, 0.15) is 6.33 Å². The van der Waals surface area contributed by atoms with E-state index in [0.717, 1.165) is 0 Å². The molecule has 3 rings (SSSR count). The lowest BCUT2D eigenvalue weighted by Gasteiger charge is -2.32. The van der Waals surface area contributed by atoms with Gasteiger partial charge in [-0.1, -0.05) is 0 Å². The average Bonchev–Trinajstić information content (AvgIpc) is 3.09. The first-order valence-electron chi connectivity index (χ1n) is 6.48. The first-order valence-corrected chi connectivity index (χ1v) is 6.48. The van der Waals surface area contributed by atoms with Gasteiger partial charge in [0.15, 0.2) is 0 Å². The number of hydrogen-bond donors (Lipinski definition) is 3. The minimum Gasteiger partial charge on any atom is -0.394 e. The highest BCUT2D eigenvalue weighted by molar-refractivity contribution is 5.40. The first kappa shape index (κ1) is 13.7. The molecule has 0 aliphatic carbocycles. The third-order valence-corrected chi connectivity index (χ3v) is 3.10. The fraction of sp³-hybridized carbons (Fsp3) is 0.455. The second-order valence-corrected chi connectivity index (χ2v) is 4.49. The summed E-state index contributed by atoms with van der Waals surface area (Å²) in [5.41, 5.74) is 2.43. The van der Waals surface area contributed by atoms with Crippen LogP contribution in [0.3, 0.4) is 0 Å². The number of anilines is 2. The van der Waals surface area contributed by atoms with E-state index in [1.165, 1.54) is 0 Å². The Kier molecular flexibility index (Phi) is 3.90. The van der Waals surface area contributed by atoms with Gasteiger partial charge in [-0.15, -0.1) is 0 Å². The summed E-state index contributed by atoms with van der Waals surface area (Å²) in [5, 5.41) is 9.21. The van der Waals surface area contributed by atoms with Crippen molar-refractivity contribution < 1.29 is 9.84 Å². The van der Waals surface area contributed by atoms with Crippen LogP contribution in [0.25, 0.3) is 5.95 Å². The lowest BCUT2D eigenvalue weighted by atomic mass is 10.3. The summed E-state index contributed by atoms with van der Waals surface area (Å²) in [6.07, 6.45) is 4.71. The lowest BCUT2D eigenvalue weighted by Crippen LogP contribution is -2.45. The highest BCUT2D eigenvalue weighted by Gasteiger charge is 2.23. The Morgan fingerprint density at radius 3 is 2.95 bits per heavy atom. The van der Waals surface area contributed by atoms with Crippen molar-refractivity contribution in [1.29, 1.82) is 0 Å². The van der Waals surface area contributed by atoms with Crippen molar-refractivity contribution in [3.63, 3.8) is 0 Å². The van der Waals surface area contributed by atoms with Gasteiger partial charge in [-0.25, -0.2) is 10.8 Å². The van der Waals surface area contributed by atoms with E-state index in [9.17, 15) is 5.11 Å². The highest BCUT2D eigenvalue weighted by atomic mass is 16.5. The van der Waals surface area contributed by atoms with E-state index in [1.54, 1.807) is 23.3 Å². The third kappa shape index (κ3) is 2.91. The van der Waals surface area contributed by atoms with Crippen LogP contribution >= 0.6 is 0 Å². The molecule has 2 aromatic rings. The molecule has 112 valence electrons. The Hall–Kier alpha value is -2.30. The van der Waals surface area contributed by atoms with Crippen molar-refractivity contribution in [2.45, 2.75) is 6.10 Å². The minimum atomic E-state index is -0.249. The van der Waals surface area contributed by atoms with Crippen molar-refractivity contribution >= 4 is 11.9 Å². The van der Waals surface area contributed by atoms with Crippen LogP contribution in [0.1, 0.15) is 0 Å². The van der Waals surface area contributed by atoms with Crippen LogP contribution < -0.4 is 16.2 Å². The predicted octanol–water partition coefficient (Wildman–Crippen LogP) is -1.46. The summed E-state index contributed by atoms with van der Waals surface area (Å²) in [7, 11) is 0. The number of hydrazine groups is 1. The van der Waals surface area contributed by atoms with Crippen LogP contribution in [0.4, 0.5) is 11.9 Å². The van der Waals surface area contributed by atoms with E-state index in [-0.39, 0.29) is 18.7 Å². The fourth-order valence-electron chi connectivity index (χ4n) is 2.06. The number of nitrogens with one attached hydrogen (secondary N) is 1. The van der Waals surface area contributed by atoms with E-state index in [2.05, 4.69) is 25.4 Å². The van der Waals surface area contributed by atoms with Crippen LogP contribution in [0.2, 0.25) is 0 Å². The predicted molar refractivity (Wildman–Crippen MR) is 73.8 cm³/mol. The number of aliphatic hydroxyl groups excluding tert-OH is 1. The topological polar surface area (TPSA) is 127 Å². The maximum absolute atomic E-state index is 9.21.